The lowest BCUT2D eigenvalue weighted by Gasteiger charge is -2.01. The zero-order chi connectivity index (χ0) is 10.2. The van der Waals surface area contributed by atoms with Crippen molar-refractivity contribution in [2.75, 3.05) is 0 Å². The number of hydrazine groups is 1. The van der Waals surface area contributed by atoms with Gasteiger partial charge in [-0.1, -0.05) is 30.3 Å². The van der Waals surface area contributed by atoms with E-state index in [0.29, 0.717) is 6.54 Å². The molecular formula is C9H11N5. The summed E-state index contributed by atoms with van der Waals surface area (Å²) < 4.78 is 0. The number of nitrogens with one attached hydrogen (secondary N) is 2. The summed E-state index contributed by atoms with van der Waals surface area (Å²) in [5.74, 6) is 5.39. The molecule has 0 fully saturated rings. The lowest BCUT2D eigenvalue weighted by molar-refractivity contribution is 0.926. The van der Waals surface area contributed by atoms with E-state index in [1.807, 2.05) is 30.3 Å². The third kappa shape index (κ3) is 3.13. The van der Waals surface area contributed by atoms with Crippen molar-refractivity contribution < 1.29 is 0 Å². The Morgan fingerprint density at radius 1 is 1.43 bits per heavy atom. The maximum atomic E-state index is 8.33. The average molecular weight is 189 g/mol. The van der Waals surface area contributed by atoms with Gasteiger partial charge in [0.15, 0.2) is 6.19 Å². The number of aliphatic imine (C=N–C) groups is 1. The fraction of sp³-hybridized carbons (Fsp3) is 0.111. The van der Waals surface area contributed by atoms with Gasteiger partial charge < -0.3 is 0 Å². The van der Waals surface area contributed by atoms with Crippen LogP contribution in [-0.2, 0) is 6.54 Å². The van der Waals surface area contributed by atoms with Crippen molar-refractivity contribution in [3.05, 3.63) is 35.9 Å². The van der Waals surface area contributed by atoms with Gasteiger partial charge in [0.05, 0.1) is 6.54 Å². The molecule has 0 aromatic heterocycles. The highest BCUT2D eigenvalue weighted by Crippen LogP contribution is 1.99. The summed E-state index contributed by atoms with van der Waals surface area (Å²) in [6, 6.07) is 9.69. The second-order valence-corrected chi connectivity index (χ2v) is 2.53. The molecule has 0 bridgehead atoms. The SMILES string of the molecule is N#CNC(=NCc1ccccc1)NN. The van der Waals surface area contributed by atoms with Crippen molar-refractivity contribution in [3.63, 3.8) is 0 Å². The van der Waals surface area contributed by atoms with Gasteiger partial charge in [-0.3, -0.25) is 10.7 Å². The molecule has 0 amide bonds. The zero-order valence-electron chi connectivity index (χ0n) is 7.57. The Kier molecular flexibility index (Phi) is 3.98. The number of rotatable bonds is 2. The van der Waals surface area contributed by atoms with Crippen LogP contribution in [0.1, 0.15) is 5.56 Å². The molecule has 5 nitrogen and oxygen atoms in total. The number of guanidine groups is 1. The minimum Gasteiger partial charge on any atom is -0.294 e. The van der Waals surface area contributed by atoms with Crippen molar-refractivity contribution in [3.8, 4) is 6.19 Å². The summed E-state index contributed by atoms with van der Waals surface area (Å²) in [5.41, 5.74) is 3.35. The predicted octanol–water partition coefficient (Wildman–Crippen LogP) is 0.0766. The van der Waals surface area contributed by atoms with Crippen LogP contribution in [0.15, 0.2) is 35.3 Å². The highest BCUT2D eigenvalue weighted by Gasteiger charge is 1.93. The average Bonchev–Trinajstić information content (AvgIpc) is 2.25. The molecule has 0 aliphatic rings. The van der Waals surface area contributed by atoms with Crippen LogP contribution in [-0.4, -0.2) is 5.96 Å². The number of nitrogens with two attached hydrogens (primary N) is 1. The second kappa shape index (κ2) is 5.56. The molecule has 0 atom stereocenters. The Labute approximate surface area is 82.2 Å². The van der Waals surface area contributed by atoms with Gasteiger partial charge in [0.25, 0.3) is 0 Å². The smallest absolute Gasteiger partial charge is 0.219 e. The van der Waals surface area contributed by atoms with E-state index in [1.54, 1.807) is 6.19 Å². The van der Waals surface area contributed by atoms with Crippen LogP contribution in [0.5, 0.6) is 0 Å². The van der Waals surface area contributed by atoms with Crippen LogP contribution in [0.2, 0.25) is 0 Å². The van der Waals surface area contributed by atoms with Gasteiger partial charge >= 0.3 is 0 Å². The predicted molar refractivity (Wildman–Crippen MR) is 53.7 cm³/mol. The zero-order valence-corrected chi connectivity index (χ0v) is 7.57. The van der Waals surface area contributed by atoms with Crippen molar-refractivity contribution >= 4 is 5.96 Å². The summed E-state index contributed by atoms with van der Waals surface area (Å²) in [4.78, 5) is 4.05. The van der Waals surface area contributed by atoms with Crippen LogP contribution in [0.25, 0.3) is 0 Å². The Morgan fingerprint density at radius 2 is 2.14 bits per heavy atom. The molecule has 0 spiro atoms. The summed E-state index contributed by atoms with van der Waals surface area (Å²) in [6.45, 7) is 0.481. The van der Waals surface area contributed by atoms with Crippen molar-refractivity contribution in [2.24, 2.45) is 10.8 Å². The van der Waals surface area contributed by atoms with Crippen molar-refractivity contribution in [2.45, 2.75) is 6.54 Å². The van der Waals surface area contributed by atoms with Crippen LogP contribution < -0.4 is 16.6 Å². The van der Waals surface area contributed by atoms with E-state index in [1.165, 1.54) is 0 Å². The van der Waals surface area contributed by atoms with Crippen molar-refractivity contribution in [1.29, 1.82) is 5.26 Å². The fourth-order valence-electron chi connectivity index (χ4n) is 0.928. The number of nitriles is 1. The first-order valence-electron chi connectivity index (χ1n) is 4.07. The Balaban J connectivity index is 2.58. The highest BCUT2D eigenvalue weighted by molar-refractivity contribution is 5.80. The van der Waals surface area contributed by atoms with E-state index in [0.717, 1.165) is 5.56 Å². The molecule has 0 saturated carbocycles. The molecule has 72 valence electrons. The second-order valence-electron chi connectivity index (χ2n) is 2.53. The Bertz CT molecular complexity index is 338. The van der Waals surface area contributed by atoms with Crippen LogP contribution >= 0.6 is 0 Å². The molecule has 0 aliphatic heterocycles. The molecule has 1 rings (SSSR count). The molecule has 0 saturated heterocycles. The number of benzene rings is 1. The van der Waals surface area contributed by atoms with Gasteiger partial charge in [-0.15, -0.1) is 0 Å². The Morgan fingerprint density at radius 3 is 2.71 bits per heavy atom. The van der Waals surface area contributed by atoms with Gasteiger partial charge in [-0.2, -0.15) is 5.26 Å². The maximum Gasteiger partial charge on any atom is 0.219 e. The molecular weight excluding hydrogens is 178 g/mol. The lowest BCUT2D eigenvalue weighted by Crippen LogP contribution is -2.39. The molecule has 5 heteroatoms. The van der Waals surface area contributed by atoms with E-state index < -0.39 is 0 Å². The topological polar surface area (TPSA) is 86.2 Å². The first-order valence-corrected chi connectivity index (χ1v) is 4.07. The van der Waals surface area contributed by atoms with Gasteiger partial charge in [0, 0.05) is 0 Å². The van der Waals surface area contributed by atoms with E-state index in [4.69, 9.17) is 11.1 Å². The summed E-state index contributed by atoms with van der Waals surface area (Å²) >= 11 is 0. The van der Waals surface area contributed by atoms with Gasteiger partial charge in [0.2, 0.25) is 5.96 Å². The normalized spacial score (nSPS) is 10.4. The molecule has 4 N–H and O–H groups in total. The number of nitrogens with zero attached hydrogens (tertiary/aromatic N) is 2. The quantitative estimate of drug-likeness (QED) is 0.153. The Hall–Kier alpha value is -2.06. The number of hydrogen-bond donors (Lipinski definition) is 3. The first kappa shape index (κ1) is 10.0. The summed E-state index contributed by atoms with van der Waals surface area (Å²) in [6.07, 6.45) is 1.73. The monoisotopic (exact) mass is 189 g/mol. The van der Waals surface area contributed by atoms with E-state index in [-0.39, 0.29) is 5.96 Å². The van der Waals surface area contributed by atoms with E-state index in [9.17, 15) is 0 Å². The number of hydrogen-bond acceptors (Lipinski definition) is 3. The van der Waals surface area contributed by atoms with Gasteiger partial charge in [-0.25, -0.2) is 10.8 Å². The van der Waals surface area contributed by atoms with Crippen LogP contribution in [0, 0.1) is 11.5 Å². The van der Waals surface area contributed by atoms with Crippen LogP contribution in [0.3, 0.4) is 0 Å². The third-order valence-corrected chi connectivity index (χ3v) is 1.57. The molecule has 1 aromatic rings. The molecule has 1 aromatic carbocycles. The van der Waals surface area contributed by atoms with Crippen molar-refractivity contribution in [1.82, 2.24) is 10.7 Å². The van der Waals surface area contributed by atoms with E-state index >= 15 is 0 Å². The minimum absolute atomic E-state index is 0.261. The molecule has 0 aliphatic carbocycles. The highest BCUT2D eigenvalue weighted by atomic mass is 15.3. The fourth-order valence-corrected chi connectivity index (χ4v) is 0.928. The molecule has 0 radical (unpaired) electrons. The van der Waals surface area contributed by atoms with Gasteiger partial charge in [-0.05, 0) is 5.56 Å². The van der Waals surface area contributed by atoms with E-state index in [2.05, 4.69) is 15.7 Å². The van der Waals surface area contributed by atoms with Crippen LogP contribution in [0.4, 0.5) is 0 Å². The maximum absolute atomic E-state index is 8.33. The summed E-state index contributed by atoms with van der Waals surface area (Å²) in [7, 11) is 0. The molecule has 0 heterocycles. The first-order chi connectivity index (χ1) is 6.86. The minimum atomic E-state index is 0.261. The third-order valence-electron chi connectivity index (χ3n) is 1.57. The standard InChI is InChI=1S/C9H11N5/c10-7-13-9(14-11)12-6-8-4-2-1-3-5-8/h1-5H,6,11H2,(H2,12,13,14). The summed E-state index contributed by atoms with van der Waals surface area (Å²) in [5, 5.41) is 10.6. The largest absolute Gasteiger partial charge is 0.294 e. The lowest BCUT2D eigenvalue weighted by atomic mass is 10.2. The van der Waals surface area contributed by atoms with Gasteiger partial charge in [0.1, 0.15) is 0 Å². The molecule has 14 heavy (non-hydrogen) atoms. The molecule has 0 unspecified atom stereocenters.